The summed E-state index contributed by atoms with van der Waals surface area (Å²) in [7, 11) is 0. The molecule has 4 nitrogen and oxygen atoms in total. The number of nitrogens with one attached hydrogen (secondary N) is 1. The lowest BCUT2D eigenvalue weighted by molar-refractivity contribution is -0.111. The number of carbonyl (C=O) groups is 1. The van der Waals surface area contributed by atoms with Gasteiger partial charge in [0.05, 0.1) is 11.3 Å². The number of aromatic nitrogens is 1. The molecule has 0 unspecified atom stereocenters. The number of fused-ring (bicyclic) bond motifs is 1. The first-order chi connectivity index (χ1) is 10.7. The van der Waals surface area contributed by atoms with Crippen LogP contribution in [-0.4, -0.2) is 10.9 Å². The number of aryl methyl sites for hydroxylation is 1. The van der Waals surface area contributed by atoms with Gasteiger partial charge in [0.25, 0.3) is 0 Å². The molecule has 1 aromatic heterocycles. The van der Waals surface area contributed by atoms with Crippen LogP contribution in [0.2, 0.25) is 0 Å². The highest BCUT2D eigenvalue weighted by Gasteiger charge is 2.13. The number of nitrogens with zero attached hydrogens (tertiary/aromatic N) is 1. The minimum absolute atomic E-state index is 0.179. The van der Waals surface area contributed by atoms with Crippen molar-refractivity contribution in [1.82, 2.24) is 4.98 Å². The zero-order chi connectivity index (χ0) is 15.5. The normalized spacial score (nSPS) is 11.2. The molecule has 0 aliphatic carbocycles. The Morgan fingerprint density at radius 1 is 1.23 bits per heavy atom. The number of rotatable bonds is 3. The van der Waals surface area contributed by atoms with Gasteiger partial charge in [0.15, 0.2) is 5.58 Å². The third kappa shape index (κ3) is 2.76. The minimum atomic E-state index is -0.179. The first-order valence-corrected chi connectivity index (χ1v) is 7.07. The number of amides is 1. The highest BCUT2D eigenvalue weighted by atomic mass is 16.3. The van der Waals surface area contributed by atoms with E-state index in [9.17, 15) is 4.79 Å². The smallest absolute Gasteiger partial charge is 0.248 e. The summed E-state index contributed by atoms with van der Waals surface area (Å²) in [6.07, 6.45) is 3.17. The molecule has 1 amide bonds. The highest BCUT2D eigenvalue weighted by Crippen LogP contribution is 2.30. The van der Waals surface area contributed by atoms with Crippen molar-refractivity contribution in [3.63, 3.8) is 0 Å². The maximum atomic E-state index is 11.8. The molecule has 2 aromatic carbocycles. The molecule has 22 heavy (non-hydrogen) atoms. The number of allylic oxidation sites excluding steroid dienone is 1. The summed E-state index contributed by atoms with van der Waals surface area (Å²) in [5.41, 5.74) is 4.10. The minimum Gasteiger partial charge on any atom is -0.436 e. The number of hydrogen-bond donors (Lipinski definition) is 1. The molecule has 0 spiro atoms. The van der Waals surface area contributed by atoms with Crippen LogP contribution in [0, 0.1) is 6.92 Å². The van der Waals surface area contributed by atoms with Gasteiger partial charge in [-0.3, -0.25) is 4.79 Å². The van der Waals surface area contributed by atoms with E-state index in [1.165, 1.54) is 6.08 Å². The number of benzene rings is 2. The molecule has 0 aliphatic heterocycles. The summed E-state index contributed by atoms with van der Waals surface area (Å²) < 4.78 is 5.81. The molecular weight excluding hydrogens is 276 g/mol. The van der Waals surface area contributed by atoms with E-state index in [0.29, 0.717) is 11.6 Å². The standard InChI is InChI=1S/C18H16N2O2/c1-3-6-17(21)19-14-8-5-4-7-13(14)18-20-15-11-12(2)9-10-16(15)22-18/h3-11H,1-2H3,(H,19,21). The predicted molar refractivity (Wildman–Crippen MR) is 87.6 cm³/mol. The van der Waals surface area contributed by atoms with Crippen molar-refractivity contribution in [2.75, 3.05) is 5.32 Å². The lowest BCUT2D eigenvalue weighted by Gasteiger charge is -2.06. The molecule has 1 heterocycles. The first-order valence-electron chi connectivity index (χ1n) is 7.07. The molecule has 4 heteroatoms. The first kappa shape index (κ1) is 14.1. The number of carbonyl (C=O) groups excluding carboxylic acids is 1. The molecule has 0 saturated carbocycles. The number of oxazole rings is 1. The van der Waals surface area contributed by atoms with Gasteiger partial charge in [0.2, 0.25) is 11.8 Å². The molecule has 0 saturated heterocycles. The zero-order valence-corrected chi connectivity index (χ0v) is 12.5. The molecule has 3 rings (SSSR count). The molecule has 0 aliphatic rings. The number of hydrogen-bond acceptors (Lipinski definition) is 3. The molecular formula is C18H16N2O2. The van der Waals surface area contributed by atoms with E-state index in [2.05, 4.69) is 10.3 Å². The predicted octanol–water partition coefficient (Wildman–Crippen LogP) is 4.32. The Bertz CT molecular complexity index is 862. The van der Waals surface area contributed by atoms with Crippen LogP contribution in [0.15, 0.2) is 59.0 Å². The molecule has 0 atom stereocenters. The lowest BCUT2D eigenvalue weighted by atomic mass is 10.1. The topological polar surface area (TPSA) is 55.1 Å². The van der Waals surface area contributed by atoms with E-state index in [-0.39, 0.29) is 5.91 Å². The summed E-state index contributed by atoms with van der Waals surface area (Å²) in [6, 6.07) is 13.3. The second kappa shape index (κ2) is 5.85. The Balaban J connectivity index is 2.04. The van der Waals surface area contributed by atoms with Crippen LogP contribution in [0.1, 0.15) is 12.5 Å². The van der Waals surface area contributed by atoms with Crippen LogP contribution in [0.5, 0.6) is 0 Å². The summed E-state index contributed by atoms with van der Waals surface area (Å²) in [5.74, 6) is 0.318. The van der Waals surface area contributed by atoms with E-state index in [4.69, 9.17) is 4.42 Å². The quantitative estimate of drug-likeness (QED) is 0.731. The third-order valence-corrected chi connectivity index (χ3v) is 3.28. The van der Waals surface area contributed by atoms with Crippen LogP contribution in [0.4, 0.5) is 5.69 Å². The van der Waals surface area contributed by atoms with Gasteiger partial charge in [-0.1, -0.05) is 24.3 Å². The fraction of sp³-hybridized carbons (Fsp3) is 0.111. The van der Waals surface area contributed by atoms with Crippen molar-refractivity contribution in [2.24, 2.45) is 0 Å². The molecule has 1 N–H and O–H groups in total. The largest absolute Gasteiger partial charge is 0.436 e. The van der Waals surface area contributed by atoms with Gasteiger partial charge in [-0.2, -0.15) is 0 Å². The van der Waals surface area contributed by atoms with E-state index < -0.39 is 0 Å². The van der Waals surface area contributed by atoms with Gasteiger partial charge in [-0.15, -0.1) is 0 Å². The van der Waals surface area contributed by atoms with Gasteiger partial charge in [0.1, 0.15) is 5.52 Å². The van der Waals surface area contributed by atoms with Crippen molar-refractivity contribution in [1.29, 1.82) is 0 Å². The lowest BCUT2D eigenvalue weighted by Crippen LogP contribution is -2.08. The Morgan fingerprint density at radius 3 is 2.86 bits per heavy atom. The zero-order valence-electron chi connectivity index (χ0n) is 12.5. The molecule has 0 radical (unpaired) electrons. The van der Waals surface area contributed by atoms with Crippen molar-refractivity contribution in [3.8, 4) is 11.5 Å². The van der Waals surface area contributed by atoms with Gasteiger partial charge >= 0.3 is 0 Å². The van der Waals surface area contributed by atoms with Gasteiger partial charge in [0, 0.05) is 0 Å². The number of para-hydroxylation sites is 1. The third-order valence-electron chi connectivity index (χ3n) is 3.28. The van der Waals surface area contributed by atoms with Crippen molar-refractivity contribution in [3.05, 3.63) is 60.2 Å². The maximum Gasteiger partial charge on any atom is 0.248 e. The fourth-order valence-electron chi connectivity index (χ4n) is 2.26. The van der Waals surface area contributed by atoms with E-state index in [1.54, 1.807) is 13.0 Å². The van der Waals surface area contributed by atoms with Crippen LogP contribution in [0.3, 0.4) is 0 Å². The molecule has 3 aromatic rings. The molecule has 110 valence electrons. The van der Waals surface area contributed by atoms with Gasteiger partial charge in [-0.05, 0) is 49.8 Å². The number of anilines is 1. The Labute approximate surface area is 128 Å². The molecule has 0 bridgehead atoms. The van der Waals surface area contributed by atoms with Crippen molar-refractivity contribution < 1.29 is 9.21 Å². The SMILES string of the molecule is CC=CC(=O)Nc1ccccc1-c1nc2cc(C)ccc2o1. The van der Waals surface area contributed by atoms with Gasteiger partial charge in [-0.25, -0.2) is 4.98 Å². The Hall–Kier alpha value is -2.88. The van der Waals surface area contributed by atoms with Crippen molar-refractivity contribution >= 4 is 22.7 Å². The average Bonchev–Trinajstić information content (AvgIpc) is 2.90. The Kier molecular flexibility index (Phi) is 3.74. The second-order valence-corrected chi connectivity index (χ2v) is 5.03. The van der Waals surface area contributed by atoms with Crippen LogP contribution < -0.4 is 5.32 Å². The average molecular weight is 292 g/mol. The summed E-state index contributed by atoms with van der Waals surface area (Å²) in [6.45, 7) is 3.81. The van der Waals surface area contributed by atoms with Crippen LogP contribution in [-0.2, 0) is 4.79 Å². The molecule has 0 fully saturated rings. The van der Waals surface area contributed by atoms with Crippen LogP contribution >= 0.6 is 0 Å². The van der Waals surface area contributed by atoms with E-state index in [1.807, 2.05) is 49.4 Å². The van der Waals surface area contributed by atoms with Gasteiger partial charge < -0.3 is 9.73 Å². The van der Waals surface area contributed by atoms with E-state index >= 15 is 0 Å². The second-order valence-electron chi connectivity index (χ2n) is 5.03. The summed E-state index contributed by atoms with van der Waals surface area (Å²) in [5, 5.41) is 2.84. The maximum absolute atomic E-state index is 11.8. The monoisotopic (exact) mass is 292 g/mol. The van der Waals surface area contributed by atoms with Crippen molar-refractivity contribution in [2.45, 2.75) is 13.8 Å². The fourth-order valence-corrected chi connectivity index (χ4v) is 2.26. The van der Waals surface area contributed by atoms with Crippen LogP contribution in [0.25, 0.3) is 22.6 Å². The highest BCUT2D eigenvalue weighted by molar-refractivity contribution is 6.01. The summed E-state index contributed by atoms with van der Waals surface area (Å²) in [4.78, 5) is 16.3. The van der Waals surface area contributed by atoms with E-state index in [0.717, 1.165) is 22.2 Å². The Morgan fingerprint density at radius 2 is 2.05 bits per heavy atom. The summed E-state index contributed by atoms with van der Waals surface area (Å²) >= 11 is 0.